The molecule has 0 aromatic heterocycles. The highest BCUT2D eigenvalue weighted by Crippen LogP contribution is 2.29. The number of carbonyl (C=O) groups excluding carboxylic acids is 1. The van der Waals surface area contributed by atoms with Gasteiger partial charge in [-0.25, -0.2) is 0 Å². The molecule has 0 spiro atoms. The third-order valence-electron chi connectivity index (χ3n) is 3.19. The largest absolute Gasteiger partial charge is 0.366 e. The molecule has 3 heteroatoms. The minimum absolute atomic E-state index is 0.336. The van der Waals surface area contributed by atoms with Gasteiger partial charge in [0.2, 0.25) is 5.91 Å². The number of primary amides is 1. The van der Waals surface area contributed by atoms with E-state index in [0.717, 1.165) is 13.0 Å². The van der Waals surface area contributed by atoms with Gasteiger partial charge in [-0.1, -0.05) is 19.9 Å². The summed E-state index contributed by atoms with van der Waals surface area (Å²) in [5, 5.41) is 3.49. The van der Waals surface area contributed by atoms with Gasteiger partial charge in [-0.3, -0.25) is 4.79 Å². The lowest BCUT2D eigenvalue weighted by Crippen LogP contribution is -2.33. The molecule has 86 valence electrons. The van der Waals surface area contributed by atoms with Gasteiger partial charge in [0, 0.05) is 11.6 Å². The summed E-state index contributed by atoms with van der Waals surface area (Å²) in [5.74, 6) is 0.165. The smallest absolute Gasteiger partial charge is 0.248 e. The van der Waals surface area contributed by atoms with E-state index in [1.54, 1.807) is 0 Å². The van der Waals surface area contributed by atoms with Gasteiger partial charge in [0.1, 0.15) is 0 Å². The Morgan fingerprint density at radius 3 is 2.88 bits per heavy atom. The van der Waals surface area contributed by atoms with E-state index in [-0.39, 0.29) is 5.91 Å². The number of benzene rings is 1. The second-order valence-electron chi connectivity index (χ2n) is 4.70. The molecule has 1 aromatic carbocycles. The fourth-order valence-corrected chi connectivity index (χ4v) is 2.33. The van der Waals surface area contributed by atoms with Crippen LogP contribution < -0.4 is 11.1 Å². The predicted octanol–water partition coefficient (Wildman–Crippen LogP) is 1.63. The van der Waals surface area contributed by atoms with E-state index in [1.165, 1.54) is 11.1 Å². The van der Waals surface area contributed by atoms with Crippen LogP contribution in [0.3, 0.4) is 0 Å². The normalized spacial score (nSPS) is 19.6. The molecule has 0 radical (unpaired) electrons. The molecule has 1 heterocycles. The van der Waals surface area contributed by atoms with Gasteiger partial charge >= 0.3 is 0 Å². The maximum atomic E-state index is 11.2. The van der Waals surface area contributed by atoms with E-state index in [9.17, 15) is 4.79 Å². The molecule has 0 bridgehead atoms. The quantitative estimate of drug-likeness (QED) is 0.792. The molecular weight excluding hydrogens is 200 g/mol. The number of hydrogen-bond acceptors (Lipinski definition) is 2. The molecule has 3 nitrogen and oxygen atoms in total. The first-order chi connectivity index (χ1) is 7.59. The SMILES string of the molecule is CC(C)C1NCCc2ccc(C(N)=O)cc21. The van der Waals surface area contributed by atoms with Crippen molar-refractivity contribution in [3.05, 3.63) is 34.9 Å². The van der Waals surface area contributed by atoms with Crippen LogP contribution in [-0.4, -0.2) is 12.5 Å². The monoisotopic (exact) mass is 218 g/mol. The summed E-state index contributed by atoms with van der Waals surface area (Å²) in [7, 11) is 0. The lowest BCUT2D eigenvalue weighted by Gasteiger charge is -2.30. The Hall–Kier alpha value is -1.35. The van der Waals surface area contributed by atoms with Crippen molar-refractivity contribution in [2.45, 2.75) is 26.3 Å². The first-order valence-electron chi connectivity index (χ1n) is 5.75. The molecule has 1 amide bonds. The molecule has 0 saturated carbocycles. The highest BCUT2D eigenvalue weighted by atomic mass is 16.1. The number of rotatable bonds is 2. The molecule has 0 aliphatic carbocycles. The van der Waals surface area contributed by atoms with E-state index in [1.807, 2.05) is 18.2 Å². The summed E-state index contributed by atoms with van der Waals surface area (Å²) in [5.41, 5.74) is 8.48. The van der Waals surface area contributed by atoms with Crippen molar-refractivity contribution in [3.8, 4) is 0 Å². The van der Waals surface area contributed by atoms with Crippen molar-refractivity contribution in [2.24, 2.45) is 11.7 Å². The van der Waals surface area contributed by atoms with Crippen molar-refractivity contribution in [2.75, 3.05) is 6.54 Å². The van der Waals surface area contributed by atoms with Crippen molar-refractivity contribution >= 4 is 5.91 Å². The summed E-state index contributed by atoms with van der Waals surface area (Å²) in [6.07, 6.45) is 1.03. The predicted molar refractivity (Wildman–Crippen MR) is 64.2 cm³/mol. The molecule has 1 atom stereocenters. The van der Waals surface area contributed by atoms with Gasteiger partial charge < -0.3 is 11.1 Å². The lowest BCUT2D eigenvalue weighted by atomic mass is 9.87. The third kappa shape index (κ3) is 1.95. The van der Waals surface area contributed by atoms with E-state index in [0.29, 0.717) is 17.5 Å². The van der Waals surface area contributed by atoms with Crippen molar-refractivity contribution in [1.29, 1.82) is 0 Å². The van der Waals surface area contributed by atoms with Crippen LogP contribution in [0.15, 0.2) is 18.2 Å². The number of nitrogens with two attached hydrogens (primary N) is 1. The molecule has 0 fully saturated rings. The van der Waals surface area contributed by atoms with Crippen molar-refractivity contribution in [3.63, 3.8) is 0 Å². The number of amides is 1. The zero-order chi connectivity index (χ0) is 11.7. The number of hydrogen-bond donors (Lipinski definition) is 2. The molecule has 1 aliphatic heterocycles. The standard InChI is InChI=1S/C13H18N2O/c1-8(2)12-11-7-10(13(14)16)4-3-9(11)5-6-15-12/h3-4,7-8,12,15H,5-6H2,1-2H3,(H2,14,16). The second-order valence-corrected chi connectivity index (χ2v) is 4.70. The van der Waals surface area contributed by atoms with E-state index in [2.05, 4.69) is 19.2 Å². The third-order valence-corrected chi connectivity index (χ3v) is 3.19. The Balaban J connectivity index is 2.44. The molecule has 1 aliphatic rings. The molecule has 1 unspecified atom stereocenters. The van der Waals surface area contributed by atoms with Crippen LogP contribution in [0.2, 0.25) is 0 Å². The van der Waals surface area contributed by atoms with Gasteiger partial charge in [-0.05, 0) is 42.1 Å². The maximum Gasteiger partial charge on any atom is 0.248 e. The Morgan fingerprint density at radius 1 is 1.50 bits per heavy atom. The average molecular weight is 218 g/mol. The van der Waals surface area contributed by atoms with E-state index in [4.69, 9.17) is 5.73 Å². The maximum absolute atomic E-state index is 11.2. The Labute approximate surface area is 96.0 Å². The van der Waals surface area contributed by atoms with Crippen LogP contribution in [-0.2, 0) is 6.42 Å². The van der Waals surface area contributed by atoms with Gasteiger partial charge in [0.05, 0.1) is 0 Å². The van der Waals surface area contributed by atoms with Crippen LogP contribution in [0, 0.1) is 5.92 Å². The van der Waals surface area contributed by atoms with Crippen LogP contribution in [0.5, 0.6) is 0 Å². The second kappa shape index (κ2) is 4.26. The lowest BCUT2D eigenvalue weighted by molar-refractivity contribution is 0.1000. The van der Waals surface area contributed by atoms with Crippen molar-refractivity contribution in [1.82, 2.24) is 5.32 Å². The summed E-state index contributed by atoms with van der Waals surface area (Å²) in [6, 6.07) is 6.13. The van der Waals surface area contributed by atoms with Crippen molar-refractivity contribution < 1.29 is 4.79 Å². The van der Waals surface area contributed by atoms with Crippen LogP contribution in [0.1, 0.15) is 41.4 Å². The summed E-state index contributed by atoms with van der Waals surface area (Å²) in [6.45, 7) is 5.37. The highest BCUT2D eigenvalue weighted by molar-refractivity contribution is 5.93. The molecular formula is C13H18N2O. The number of fused-ring (bicyclic) bond motifs is 1. The van der Waals surface area contributed by atoms with Crippen LogP contribution in [0.4, 0.5) is 0 Å². The minimum Gasteiger partial charge on any atom is -0.366 e. The van der Waals surface area contributed by atoms with Gasteiger partial charge in [-0.2, -0.15) is 0 Å². The van der Waals surface area contributed by atoms with Gasteiger partial charge in [0.25, 0.3) is 0 Å². The average Bonchev–Trinajstić information content (AvgIpc) is 2.27. The minimum atomic E-state index is -0.351. The summed E-state index contributed by atoms with van der Waals surface area (Å²) in [4.78, 5) is 11.2. The summed E-state index contributed by atoms with van der Waals surface area (Å²) >= 11 is 0. The zero-order valence-corrected chi connectivity index (χ0v) is 9.79. The molecule has 0 saturated heterocycles. The van der Waals surface area contributed by atoms with Crippen LogP contribution in [0.25, 0.3) is 0 Å². The van der Waals surface area contributed by atoms with E-state index >= 15 is 0 Å². The fraction of sp³-hybridized carbons (Fsp3) is 0.462. The number of carbonyl (C=O) groups is 1. The number of nitrogens with one attached hydrogen (secondary N) is 1. The van der Waals surface area contributed by atoms with Crippen LogP contribution >= 0.6 is 0 Å². The fourth-order valence-electron chi connectivity index (χ4n) is 2.33. The van der Waals surface area contributed by atoms with Gasteiger partial charge in [-0.15, -0.1) is 0 Å². The highest BCUT2D eigenvalue weighted by Gasteiger charge is 2.22. The first kappa shape index (κ1) is 11.1. The first-order valence-corrected chi connectivity index (χ1v) is 5.75. The Kier molecular flexibility index (Phi) is 2.97. The topological polar surface area (TPSA) is 55.1 Å². The molecule has 2 rings (SSSR count). The Bertz CT molecular complexity index is 412. The van der Waals surface area contributed by atoms with E-state index < -0.39 is 0 Å². The molecule has 1 aromatic rings. The Morgan fingerprint density at radius 2 is 2.25 bits per heavy atom. The molecule has 3 N–H and O–H groups in total. The zero-order valence-electron chi connectivity index (χ0n) is 9.79. The molecule has 16 heavy (non-hydrogen) atoms. The summed E-state index contributed by atoms with van der Waals surface area (Å²) < 4.78 is 0. The van der Waals surface area contributed by atoms with Gasteiger partial charge in [0.15, 0.2) is 0 Å².